The van der Waals surface area contributed by atoms with Crippen LogP contribution in [0.3, 0.4) is 0 Å². The molecule has 1 aromatic rings. The maximum absolute atomic E-state index is 12.0. The molecule has 0 amide bonds. The van der Waals surface area contributed by atoms with E-state index in [1.165, 1.54) is 27.8 Å². The Morgan fingerprint density at radius 3 is 2.59 bits per heavy atom. The molecule has 0 saturated heterocycles. The summed E-state index contributed by atoms with van der Waals surface area (Å²) in [5.74, 6) is 0.864. The van der Waals surface area contributed by atoms with Crippen LogP contribution >= 0.6 is 0 Å². The molecule has 3 nitrogen and oxygen atoms in total. The number of hydrogen-bond donors (Lipinski definition) is 2. The lowest BCUT2D eigenvalue weighted by Gasteiger charge is -2.50. The van der Waals surface area contributed by atoms with Crippen molar-refractivity contribution >= 4 is 5.78 Å². The van der Waals surface area contributed by atoms with Gasteiger partial charge in [-0.3, -0.25) is 4.79 Å². The van der Waals surface area contributed by atoms with Gasteiger partial charge in [0.1, 0.15) is 0 Å². The Labute approximate surface area is 160 Å². The zero-order chi connectivity index (χ0) is 18.8. The molecule has 5 unspecified atom stereocenters. The first-order valence-electron chi connectivity index (χ1n) is 10.4. The topological polar surface area (TPSA) is 57.5 Å². The van der Waals surface area contributed by atoms with Crippen LogP contribution in [0.15, 0.2) is 47.1 Å². The van der Waals surface area contributed by atoms with E-state index in [0.29, 0.717) is 25.2 Å². The molecule has 0 spiro atoms. The van der Waals surface area contributed by atoms with Gasteiger partial charge in [-0.2, -0.15) is 0 Å². The summed E-state index contributed by atoms with van der Waals surface area (Å²) >= 11 is 0. The summed E-state index contributed by atoms with van der Waals surface area (Å²) in [6.07, 6.45) is 6.81. The van der Waals surface area contributed by atoms with Gasteiger partial charge in [0.05, 0.1) is 11.7 Å². The van der Waals surface area contributed by atoms with Crippen LogP contribution in [-0.4, -0.2) is 27.7 Å². The smallest absolute Gasteiger partial charge is 0.156 e. The first-order valence-corrected chi connectivity index (χ1v) is 10.4. The molecule has 0 radical (unpaired) electrons. The van der Waals surface area contributed by atoms with Crippen molar-refractivity contribution in [2.75, 3.05) is 0 Å². The van der Waals surface area contributed by atoms with Crippen LogP contribution in [0.4, 0.5) is 0 Å². The number of allylic oxidation sites excluding steroid dienone is 4. The van der Waals surface area contributed by atoms with Crippen LogP contribution in [0, 0.1) is 18.8 Å². The van der Waals surface area contributed by atoms with E-state index in [-0.39, 0.29) is 17.6 Å². The predicted octanol–water partition coefficient (Wildman–Crippen LogP) is 3.98. The van der Waals surface area contributed by atoms with Crippen LogP contribution in [-0.2, 0) is 4.79 Å². The van der Waals surface area contributed by atoms with Gasteiger partial charge in [0.25, 0.3) is 0 Å². The second kappa shape index (κ2) is 6.15. The molecule has 2 N–H and O–H groups in total. The van der Waals surface area contributed by atoms with E-state index in [9.17, 15) is 15.0 Å². The fourth-order valence-electron chi connectivity index (χ4n) is 6.35. The van der Waals surface area contributed by atoms with Crippen molar-refractivity contribution in [3.8, 4) is 0 Å². The summed E-state index contributed by atoms with van der Waals surface area (Å²) in [6.45, 7) is 2.09. The zero-order valence-electron chi connectivity index (χ0n) is 15.9. The highest BCUT2D eigenvalue weighted by Gasteiger charge is 2.58. The van der Waals surface area contributed by atoms with Gasteiger partial charge in [-0.1, -0.05) is 35.4 Å². The molecule has 142 valence electrons. The molecular formula is C24H28O3. The normalized spacial score (nSPS) is 38.2. The minimum Gasteiger partial charge on any atom is -0.390 e. The van der Waals surface area contributed by atoms with Crippen LogP contribution in [0.25, 0.3) is 0 Å². The number of aliphatic hydroxyl groups excluding tert-OH is 1. The molecule has 0 aliphatic heterocycles. The molecule has 5 rings (SSSR count). The van der Waals surface area contributed by atoms with Crippen LogP contribution in [0.2, 0.25) is 0 Å². The summed E-state index contributed by atoms with van der Waals surface area (Å²) in [6, 6.07) is 8.64. The molecule has 1 aromatic carbocycles. The highest BCUT2D eigenvalue weighted by molar-refractivity contribution is 5.93. The molecule has 5 atom stereocenters. The molecule has 2 fully saturated rings. The van der Waals surface area contributed by atoms with Crippen LogP contribution in [0.5, 0.6) is 0 Å². The second-order valence-electron chi connectivity index (χ2n) is 9.07. The number of carbonyl (C=O) groups is 1. The average Bonchev–Trinajstić information content (AvgIpc) is 2.96. The first-order chi connectivity index (χ1) is 13.0. The largest absolute Gasteiger partial charge is 0.390 e. The number of aryl methyl sites for hydroxylation is 1. The van der Waals surface area contributed by atoms with Gasteiger partial charge in [-0.15, -0.1) is 0 Å². The second-order valence-corrected chi connectivity index (χ2v) is 9.07. The molecule has 4 aliphatic rings. The first kappa shape index (κ1) is 17.4. The molecule has 0 bridgehead atoms. The van der Waals surface area contributed by atoms with Gasteiger partial charge >= 0.3 is 0 Å². The quantitative estimate of drug-likeness (QED) is 0.792. The lowest BCUT2D eigenvalue weighted by molar-refractivity contribution is -0.115. The highest BCUT2D eigenvalue weighted by Crippen LogP contribution is 2.60. The van der Waals surface area contributed by atoms with Gasteiger partial charge in [0, 0.05) is 12.3 Å². The third-order valence-electron chi connectivity index (χ3n) is 7.66. The van der Waals surface area contributed by atoms with E-state index in [0.717, 1.165) is 25.7 Å². The number of hydrogen-bond acceptors (Lipinski definition) is 3. The molecule has 0 aromatic heterocycles. The molecule has 3 heteroatoms. The number of carbonyl (C=O) groups excluding carboxylic acids is 1. The predicted molar refractivity (Wildman–Crippen MR) is 104 cm³/mol. The Morgan fingerprint density at radius 2 is 1.81 bits per heavy atom. The maximum atomic E-state index is 12.0. The maximum Gasteiger partial charge on any atom is 0.156 e. The minimum atomic E-state index is -0.976. The van der Waals surface area contributed by atoms with Crippen molar-refractivity contribution in [3.05, 3.63) is 58.2 Å². The van der Waals surface area contributed by atoms with Crippen molar-refractivity contribution in [2.24, 2.45) is 11.8 Å². The third-order valence-corrected chi connectivity index (χ3v) is 7.66. The summed E-state index contributed by atoms with van der Waals surface area (Å²) in [4.78, 5) is 12.0. The Hall–Kier alpha value is -1.71. The lowest BCUT2D eigenvalue weighted by Crippen LogP contribution is -2.52. The highest BCUT2D eigenvalue weighted by atomic mass is 16.3. The van der Waals surface area contributed by atoms with Gasteiger partial charge in [0.2, 0.25) is 0 Å². The van der Waals surface area contributed by atoms with Crippen molar-refractivity contribution in [2.45, 2.75) is 69.5 Å². The third kappa shape index (κ3) is 2.59. The van der Waals surface area contributed by atoms with Crippen molar-refractivity contribution in [1.29, 1.82) is 0 Å². The monoisotopic (exact) mass is 364 g/mol. The summed E-state index contributed by atoms with van der Waals surface area (Å²) < 4.78 is 0. The Balaban J connectivity index is 1.68. The lowest BCUT2D eigenvalue weighted by atomic mass is 9.56. The van der Waals surface area contributed by atoms with E-state index < -0.39 is 11.7 Å². The van der Waals surface area contributed by atoms with Gasteiger partial charge in [-0.25, -0.2) is 0 Å². The van der Waals surface area contributed by atoms with Crippen LogP contribution in [0.1, 0.15) is 62.0 Å². The number of ketones is 1. The fraction of sp³-hybridized carbons (Fsp3) is 0.542. The average molecular weight is 364 g/mol. The van der Waals surface area contributed by atoms with Gasteiger partial charge < -0.3 is 10.2 Å². The SMILES string of the molecule is Cc1ccc(C2CC3(O)C(O)CCC3C3CCC4=CC(=O)CCC4=C23)cc1. The standard InChI is InChI=1S/C24H28O3/c1-14-2-4-15(5-3-14)20-13-24(27)21(10-11-22(24)26)19-8-6-16-12-17(25)7-9-18(16)23(19)20/h2-5,12,19-22,26-27H,6-11,13H2,1H3. The molecule has 27 heavy (non-hydrogen) atoms. The number of aliphatic hydroxyl groups is 2. The molecule has 0 heterocycles. The van der Waals surface area contributed by atoms with Gasteiger partial charge in [-0.05, 0) is 80.1 Å². The number of fused-ring (bicyclic) bond motifs is 4. The molecular weight excluding hydrogens is 336 g/mol. The molecule has 4 aliphatic carbocycles. The minimum absolute atomic E-state index is 0.136. The van der Waals surface area contributed by atoms with Crippen molar-refractivity contribution < 1.29 is 15.0 Å². The Bertz CT molecular complexity index is 847. The zero-order valence-corrected chi connectivity index (χ0v) is 15.9. The van der Waals surface area contributed by atoms with Crippen molar-refractivity contribution in [1.82, 2.24) is 0 Å². The summed E-state index contributed by atoms with van der Waals surface area (Å²) in [5.41, 5.74) is 5.58. The van der Waals surface area contributed by atoms with E-state index in [2.05, 4.69) is 31.2 Å². The molecule has 2 saturated carbocycles. The van der Waals surface area contributed by atoms with Crippen molar-refractivity contribution in [3.63, 3.8) is 0 Å². The summed E-state index contributed by atoms with van der Waals surface area (Å²) in [7, 11) is 0. The van der Waals surface area contributed by atoms with E-state index >= 15 is 0 Å². The van der Waals surface area contributed by atoms with Crippen LogP contribution < -0.4 is 0 Å². The Kier molecular flexibility index (Phi) is 3.96. The van der Waals surface area contributed by atoms with E-state index in [4.69, 9.17) is 0 Å². The van der Waals surface area contributed by atoms with Gasteiger partial charge in [0.15, 0.2) is 5.78 Å². The van der Waals surface area contributed by atoms with E-state index in [1.807, 2.05) is 6.08 Å². The number of benzene rings is 1. The fourth-order valence-corrected chi connectivity index (χ4v) is 6.35. The summed E-state index contributed by atoms with van der Waals surface area (Å²) in [5, 5.41) is 22.1. The Morgan fingerprint density at radius 1 is 1.04 bits per heavy atom. The number of rotatable bonds is 1. The van der Waals surface area contributed by atoms with E-state index in [1.54, 1.807) is 0 Å².